The maximum atomic E-state index is 12.0. The Kier molecular flexibility index (Phi) is 5.53. The molecule has 3 nitrogen and oxygen atoms in total. The minimum Gasteiger partial charge on any atom is -0.407 e. The summed E-state index contributed by atoms with van der Waals surface area (Å²) in [5.74, 6) is 1.01. The zero-order valence-electron chi connectivity index (χ0n) is 17.7. The number of aliphatic hydroxyl groups is 1. The molecule has 0 aromatic heterocycles. The minimum absolute atomic E-state index is 0.0492. The van der Waals surface area contributed by atoms with Crippen molar-refractivity contribution in [1.82, 2.24) is 0 Å². The molecule has 2 saturated carbocycles. The summed E-state index contributed by atoms with van der Waals surface area (Å²) in [5, 5.41) is 13.2. The standard InChI is InChI=1S/C25H32O3Si/c1-25(2,3)29(20-10-6-4-7-11-20,21-12-8-5-9-13-21)28-17-23-22-16-19(26)14-18(22)15-24(23)27/h4-13,18,22-24,27H,14-17H2,1-3H3/t18-,22-,23+,24+/m0/s1. The third-order valence-corrected chi connectivity index (χ3v) is 12.1. The van der Waals surface area contributed by atoms with Gasteiger partial charge in [0.05, 0.1) is 6.10 Å². The lowest BCUT2D eigenvalue weighted by Crippen LogP contribution is -2.67. The number of hydrogen-bond acceptors (Lipinski definition) is 3. The predicted octanol–water partition coefficient (Wildman–Crippen LogP) is 3.54. The highest BCUT2D eigenvalue weighted by Crippen LogP contribution is 2.47. The molecule has 0 bridgehead atoms. The molecule has 154 valence electrons. The van der Waals surface area contributed by atoms with E-state index in [0.717, 1.165) is 6.42 Å². The number of hydrogen-bond donors (Lipinski definition) is 1. The van der Waals surface area contributed by atoms with Gasteiger partial charge in [-0.15, -0.1) is 0 Å². The van der Waals surface area contributed by atoms with Crippen molar-refractivity contribution in [2.75, 3.05) is 6.61 Å². The van der Waals surface area contributed by atoms with Gasteiger partial charge in [-0.3, -0.25) is 4.79 Å². The Morgan fingerprint density at radius 3 is 2.03 bits per heavy atom. The van der Waals surface area contributed by atoms with E-state index in [0.29, 0.717) is 31.1 Å². The van der Waals surface area contributed by atoms with Gasteiger partial charge in [0.1, 0.15) is 5.78 Å². The Hall–Kier alpha value is -1.75. The number of rotatable bonds is 5. The molecule has 4 heteroatoms. The lowest BCUT2D eigenvalue weighted by Gasteiger charge is -2.44. The predicted molar refractivity (Wildman–Crippen MR) is 119 cm³/mol. The first-order chi connectivity index (χ1) is 13.8. The van der Waals surface area contributed by atoms with Gasteiger partial charge in [0, 0.05) is 25.4 Å². The molecule has 4 rings (SSSR count). The van der Waals surface area contributed by atoms with Crippen LogP contribution in [0.3, 0.4) is 0 Å². The molecule has 0 unspecified atom stereocenters. The van der Waals surface area contributed by atoms with Crippen molar-refractivity contribution in [3.05, 3.63) is 60.7 Å². The summed E-state index contributed by atoms with van der Waals surface area (Å²) in [4.78, 5) is 12.0. The Morgan fingerprint density at radius 2 is 1.52 bits per heavy atom. The smallest absolute Gasteiger partial charge is 0.261 e. The number of carbonyl (C=O) groups is 1. The van der Waals surface area contributed by atoms with Crippen LogP contribution in [-0.4, -0.2) is 31.9 Å². The first kappa shape index (κ1) is 20.5. The third kappa shape index (κ3) is 3.62. The van der Waals surface area contributed by atoms with Crippen LogP contribution < -0.4 is 10.4 Å². The zero-order chi connectivity index (χ0) is 20.6. The molecule has 4 atom stereocenters. The SMILES string of the molecule is CC(C)(C)[Si](OC[C@@H]1[C@H]2CC(=O)C[C@H]2C[C@H]1O)(c1ccccc1)c1ccccc1. The van der Waals surface area contributed by atoms with Crippen LogP contribution in [0, 0.1) is 17.8 Å². The van der Waals surface area contributed by atoms with Gasteiger partial charge in [-0.05, 0) is 33.7 Å². The Morgan fingerprint density at radius 1 is 0.966 bits per heavy atom. The fourth-order valence-electron chi connectivity index (χ4n) is 5.70. The molecular weight excluding hydrogens is 376 g/mol. The van der Waals surface area contributed by atoms with E-state index in [4.69, 9.17) is 4.43 Å². The summed E-state index contributed by atoms with van der Waals surface area (Å²) in [5.41, 5.74) is 0. The first-order valence-corrected chi connectivity index (χ1v) is 12.7. The summed E-state index contributed by atoms with van der Waals surface area (Å²) < 4.78 is 7.03. The van der Waals surface area contributed by atoms with E-state index >= 15 is 0 Å². The van der Waals surface area contributed by atoms with Crippen LogP contribution in [0.1, 0.15) is 40.0 Å². The molecular formula is C25H32O3Si. The van der Waals surface area contributed by atoms with Gasteiger partial charge in [-0.25, -0.2) is 0 Å². The van der Waals surface area contributed by atoms with Crippen LogP contribution in [0.2, 0.25) is 5.04 Å². The third-order valence-electron chi connectivity index (χ3n) is 7.06. The Balaban J connectivity index is 1.72. The molecule has 0 heterocycles. The minimum atomic E-state index is -2.60. The monoisotopic (exact) mass is 408 g/mol. The van der Waals surface area contributed by atoms with Crippen molar-refractivity contribution in [2.24, 2.45) is 17.8 Å². The van der Waals surface area contributed by atoms with Crippen LogP contribution in [0.4, 0.5) is 0 Å². The second kappa shape index (κ2) is 7.82. The number of Topliss-reactive ketones (excluding diaryl/α,β-unsaturated/α-hetero) is 1. The second-order valence-corrected chi connectivity index (χ2v) is 14.1. The second-order valence-electron chi connectivity index (χ2n) is 9.81. The summed E-state index contributed by atoms with van der Waals surface area (Å²) in [7, 11) is -2.60. The van der Waals surface area contributed by atoms with E-state index in [1.165, 1.54) is 10.4 Å². The molecule has 1 N–H and O–H groups in total. The quantitative estimate of drug-likeness (QED) is 0.770. The molecule has 2 aromatic carbocycles. The average Bonchev–Trinajstić information content (AvgIpc) is 3.18. The number of aliphatic hydroxyl groups excluding tert-OH is 1. The van der Waals surface area contributed by atoms with Gasteiger partial charge in [0.25, 0.3) is 8.32 Å². The van der Waals surface area contributed by atoms with Crippen molar-refractivity contribution in [3.8, 4) is 0 Å². The van der Waals surface area contributed by atoms with E-state index in [1.54, 1.807) is 0 Å². The molecule has 0 saturated heterocycles. The lowest BCUT2D eigenvalue weighted by molar-refractivity contribution is -0.118. The molecule has 0 aliphatic heterocycles. The van der Waals surface area contributed by atoms with Gasteiger partial charge in [-0.2, -0.15) is 0 Å². The number of carbonyl (C=O) groups excluding carboxylic acids is 1. The fourth-order valence-corrected chi connectivity index (χ4v) is 10.3. The molecule has 0 radical (unpaired) electrons. The average molecular weight is 409 g/mol. The molecule has 0 amide bonds. The summed E-state index contributed by atoms with van der Waals surface area (Å²) >= 11 is 0. The highest BCUT2D eigenvalue weighted by Gasteiger charge is 2.53. The molecule has 2 aliphatic carbocycles. The molecule has 29 heavy (non-hydrogen) atoms. The van der Waals surface area contributed by atoms with Crippen LogP contribution in [-0.2, 0) is 9.22 Å². The normalized spacial score (nSPS) is 27.2. The van der Waals surface area contributed by atoms with Gasteiger partial charge in [0.15, 0.2) is 0 Å². The highest BCUT2D eigenvalue weighted by atomic mass is 28.4. The topological polar surface area (TPSA) is 46.5 Å². The van der Waals surface area contributed by atoms with E-state index in [-0.39, 0.29) is 23.0 Å². The van der Waals surface area contributed by atoms with Crippen molar-refractivity contribution >= 4 is 24.5 Å². The number of fused-ring (bicyclic) bond motifs is 1. The largest absolute Gasteiger partial charge is 0.407 e. The van der Waals surface area contributed by atoms with Crippen LogP contribution in [0.5, 0.6) is 0 Å². The molecule has 2 fully saturated rings. The molecule has 2 aliphatic rings. The number of ketones is 1. The maximum Gasteiger partial charge on any atom is 0.261 e. The van der Waals surface area contributed by atoms with Crippen LogP contribution in [0.15, 0.2) is 60.7 Å². The van der Waals surface area contributed by atoms with Gasteiger partial charge >= 0.3 is 0 Å². The van der Waals surface area contributed by atoms with Crippen molar-refractivity contribution in [3.63, 3.8) is 0 Å². The summed E-state index contributed by atoms with van der Waals surface area (Å²) in [6.45, 7) is 7.33. The van der Waals surface area contributed by atoms with Crippen molar-refractivity contribution in [1.29, 1.82) is 0 Å². The van der Waals surface area contributed by atoms with Crippen molar-refractivity contribution < 1.29 is 14.3 Å². The van der Waals surface area contributed by atoms with Crippen molar-refractivity contribution in [2.45, 2.75) is 51.2 Å². The highest BCUT2D eigenvalue weighted by molar-refractivity contribution is 6.99. The fraction of sp³-hybridized carbons (Fsp3) is 0.480. The number of benzene rings is 2. The van der Waals surface area contributed by atoms with Gasteiger partial charge in [0.2, 0.25) is 0 Å². The summed E-state index contributed by atoms with van der Waals surface area (Å²) in [6, 6.07) is 21.2. The van der Waals surface area contributed by atoms with E-state index in [1.807, 2.05) is 12.1 Å². The maximum absolute atomic E-state index is 12.0. The Bertz CT molecular complexity index is 804. The van der Waals surface area contributed by atoms with Gasteiger partial charge < -0.3 is 9.53 Å². The zero-order valence-corrected chi connectivity index (χ0v) is 18.7. The Labute approximate surface area is 175 Å². The van der Waals surface area contributed by atoms with Crippen LogP contribution >= 0.6 is 0 Å². The molecule has 0 spiro atoms. The summed E-state index contributed by atoms with van der Waals surface area (Å²) in [6.07, 6.45) is 1.62. The molecule has 2 aromatic rings. The first-order valence-electron chi connectivity index (χ1n) is 10.8. The van der Waals surface area contributed by atoms with Gasteiger partial charge in [-0.1, -0.05) is 81.4 Å². The van der Waals surface area contributed by atoms with Crippen LogP contribution in [0.25, 0.3) is 0 Å². The lowest BCUT2D eigenvalue weighted by atomic mass is 9.92. The van der Waals surface area contributed by atoms with E-state index < -0.39 is 8.32 Å². The van der Waals surface area contributed by atoms with E-state index in [9.17, 15) is 9.90 Å². The van der Waals surface area contributed by atoms with E-state index in [2.05, 4.69) is 69.3 Å².